The van der Waals surface area contributed by atoms with E-state index in [-0.39, 0.29) is 5.54 Å². The Morgan fingerprint density at radius 2 is 1.94 bits per heavy atom. The Morgan fingerprint density at radius 3 is 2.65 bits per heavy atom. The Labute approximate surface area is 107 Å². The molecular formula is C15H30N2. The zero-order chi connectivity index (χ0) is 12.1. The third-order valence-electron chi connectivity index (χ3n) is 4.96. The Morgan fingerprint density at radius 1 is 1.18 bits per heavy atom. The molecule has 2 nitrogen and oxygen atoms in total. The number of nitrogens with zero attached hydrogens (tertiary/aromatic N) is 1. The first-order valence-corrected chi connectivity index (χ1v) is 7.73. The van der Waals surface area contributed by atoms with Crippen LogP contribution in [0.5, 0.6) is 0 Å². The summed E-state index contributed by atoms with van der Waals surface area (Å²) in [5.74, 6) is 0.948. The molecule has 0 aromatic rings. The highest BCUT2D eigenvalue weighted by atomic mass is 15.1. The predicted octanol–water partition coefficient (Wildman–Crippen LogP) is 3.16. The summed E-state index contributed by atoms with van der Waals surface area (Å²) in [4.78, 5) is 2.67. The molecule has 1 aliphatic carbocycles. The smallest absolute Gasteiger partial charge is 0.0166 e. The molecule has 0 bridgehead atoms. The van der Waals surface area contributed by atoms with E-state index in [0.717, 1.165) is 5.92 Å². The van der Waals surface area contributed by atoms with E-state index in [1.807, 2.05) is 0 Å². The van der Waals surface area contributed by atoms with Crippen molar-refractivity contribution >= 4 is 0 Å². The van der Waals surface area contributed by atoms with E-state index in [0.29, 0.717) is 0 Å². The summed E-state index contributed by atoms with van der Waals surface area (Å²) in [5, 5.41) is 0. The molecule has 0 aromatic carbocycles. The first-order chi connectivity index (χ1) is 8.22. The van der Waals surface area contributed by atoms with Crippen molar-refractivity contribution in [2.24, 2.45) is 11.7 Å². The van der Waals surface area contributed by atoms with Gasteiger partial charge in [-0.25, -0.2) is 0 Å². The largest absolute Gasteiger partial charge is 0.325 e. The van der Waals surface area contributed by atoms with Gasteiger partial charge in [0, 0.05) is 12.1 Å². The van der Waals surface area contributed by atoms with Crippen molar-refractivity contribution < 1.29 is 0 Å². The summed E-state index contributed by atoms with van der Waals surface area (Å²) in [6.45, 7) is 6.21. The van der Waals surface area contributed by atoms with Crippen LogP contribution in [0.3, 0.4) is 0 Å². The van der Waals surface area contributed by atoms with Crippen molar-refractivity contribution in [3.05, 3.63) is 0 Å². The van der Waals surface area contributed by atoms with Gasteiger partial charge in [0.25, 0.3) is 0 Å². The SMILES string of the molecule is CCC1CCCN(CCC2(N)CCCCC2)C1. The third kappa shape index (κ3) is 3.96. The van der Waals surface area contributed by atoms with Crippen molar-refractivity contribution in [1.82, 2.24) is 4.90 Å². The van der Waals surface area contributed by atoms with Gasteiger partial charge in [-0.05, 0) is 51.1 Å². The fraction of sp³-hybridized carbons (Fsp3) is 1.00. The summed E-state index contributed by atoms with van der Waals surface area (Å²) >= 11 is 0. The van der Waals surface area contributed by atoms with Crippen molar-refractivity contribution in [2.45, 2.75) is 70.3 Å². The van der Waals surface area contributed by atoms with Crippen LogP contribution in [0.25, 0.3) is 0 Å². The summed E-state index contributed by atoms with van der Waals surface area (Å²) in [7, 11) is 0. The van der Waals surface area contributed by atoms with Crippen molar-refractivity contribution in [1.29, 1.82) is 0 Å². The topological polar surface area (TPSA) is 29.3 Å². The van der Waals surface area contributed by atoms with Crippen LogP contribution in [0.4, 0.5) is 0 Å². The Balaban J connectivity index is 1.73. The maximum absolute atomic E-state index is 6.52. The first kappa shape index (κ1) is 13.4. The molecule has 1 unspecified atom stereocenters. The number of likely N-dealkylation sites (tertiary alicyclic amines) is 1. The number of piperidine rings is 1. The molecule has 2 rings (SSSR count). The first-order valence-electron chi connectivity index (χ1n) is 7.73. The summed E-state index contributed by atoms with van der Waals surface area (Å²) in [6.07, 6.45) is 12.1. The average molecular weight is 238 g/mol. The van der Waals surface area contributed by atoms with Crippen LogP contribution in [0.1, 0.15) is 64.7 Å². The quantitative estimate of drug-likeness (QED) is 0.815. The molecule has 1 heterocycles. The molecule has 2 N–H and O–H groups in total. The molecule has 0 amide bonds. The maximum atomic E-state index is 6.52. The van der Waals surface area contributed by atoms with E-state index < -0.39 is 0 Å². The lowest BCUT2D eigenvalue weighted by Crippen LogP contribution is -2.46. The third-order valence-corrected chi connectivity index (χ3v) is 4.96. The number of hydrogen-bond acceptors (Lipinski definition) is 2. The van der Waals surface area contributed by atoms with E-state index in [9.17, 15) is 0 Å². The van der Waals surface area contributed by atoms with E-state index >= 15 is 0 Å². The molecule has 17 heavy (non-hydrogen) atoms. The number of rotatable bonds is 4. The minimum absolute atomic E-state index is 0.178. The molecule has 1 atom stereocenters. The van der Waals surface area contributed by atoms with Crippen molar-refractivity contribution in [3.63, 3.8) is 0 Å². The minimum atomic E-state index is 0.178. The zero-order valence-electron chi connectivity index (χ0n) is 11.6. The molecule has 100 valence electrons. The van der Waals surface area contributed by atoms with Crippen molar-refractivity contribution in [2.75, 3.05) is 19.6 Å². The highest BCUT2D eigenvalue weighted by Crippen LogP contribution is 2.29. The molecule has 2 aliphatic rings. The monoisotopic (exact) mass is 238 g/mol. The minimum Gasteiger partial charge on any atom is -0.325 e. The fourth-order valence-corrected chi connectivity index (χ4v) is 3.57. The molecule has 1 aliphatic heterocycles. The standard InChI is InChI=1S/C15H30N2/c1-2-14-7-6-11-17(13-14)12-10-15(16)8-4-3-5-9-15/h14H,2-13,16H2,1H3. The van der Waals surface area contributed by atoms with Crippen molar-refractivity contribution in [3.8, 4) is 0 Å². The molecule has 1 saturated carbocycles. The predicted molar refractivity (Wildman–Crippen MR) is 74.1 cm³/mol. The molecule has 1 saturated heterocycles. The van der Waals surface area contributed by atoms with E-state index in [4.69, 9.17) is 5.73 Å². The summed E-state index contributed by atoms with van der Waals surface area (Å²) in [6, 6.07) is 0. The normalized spacial score (nSPS) is 30.4. The lowest BCUT2D eigenvalue weighted by molar-refractivity contribution is 0.148. The van der Waals surface area contributed by atoms with Crippen LogP contribution in [-0.4, -0.2) is 30.1 Å². The van der Waals surface area contributed by atoms with E-state index in [2.05, 4.69) is 11.8 Å². The van der Waals surface area contributed by atoms with Gasteiger partial charge in [-0.1, -0.05) is 32.6 Å². The number of nitrogens with two attached hydrogens (primary N) is 1. The Hall–Kier alpha value is -0.0800. The van der Waals surface area contributed by atoms with Gasteiger partial charge in [0.1, 0.15) is 0 Å². The summed E-state index contributed by atoms with van der Waals surface area (Å²) < 4.78 is 0. The molecule has 2 heteroatoms. The second-order valence-corrected chi connectivity index (χ2v) is 6.39. The molecular weight excluding hydrogens is 208 g/mol. The molecule has 0 spiro atoms. The van der Waals surface area contributed by atoms with Gasteiger partial charge >= 0.3 is 0 Å². The average Bonchev–Trinajstić information content (AvgIpc) is 2.38. The highest BCUT2D eigenvalue weighted by molar-refractivity contribution is 4.88. The van der Waals surface area contributed by atoms with Crippen LogP contribution in [-0.2, 0) is 0 Å². The van der Waals surface area contributed by atoms with Crippen LogP contribution >= 0.6 is 0 Å². The van der Waals surface area contributed by atoms with Gasteiger partial charge in [-0.15, -0.1) is 0 Å². The lowest BCUT2D eigenvalue weighted by atomic mass is 9.80. The van der Waals surface area contributed by atoms with Gasteiger partial charge in [0.15, 0.2) is 0 Å². The van der Waals surface area contributed by atoms with E-state index in [1.54, 1.807) is 0 Å². The fourth-order valence-electron chi connectivity index (χ4n) is 3.57. The van der Waals surface area contributed by atoms with Crippen LogP contribution in [0.15, 0.2) is 0 Å². The second-order valence-electron chi connectivity index (χ2n) is 6.39. The summed E-state index contributed by atoms with van der Waals surface area (Å²) in [5.41, 5.74) is 6.69. The van der Waals surface area contributed by atoms with Crippen LogP contribution in [0.2, 0.25) is 0 Å². The highest BCUT2D eigenvalue weighted by Gasteiger charge is 2.28. The van der Waals surface area contributed by atoms with Gasteiger partial charge in [0.2, 0.25) is 0 Å². The van der Waals surface area contributed by atoms with Gasteiger partial charge in [0.05, 0.1) is 0 Å². The number of hydrogen-bond donors (Lipinski definition) is 1. The molecule has 0 aromatic heterocycles. The van der Waals surface area contributed by atoms with Gasteiger partial charge in [-0.2, -0.15) is 0 Å². The van der Waals surface area contributed by atoms with Gasteiger partial charge < -0.3 is 10.6 Å². The lowest BCUT2D eigenvalue weighted by Gasteiger charge is -2.38. The Bertz CT molecular complexity index is 221. The van der Waals surface area contributed by atoms with Crippen LogP contribution < -0.4 is 5.73 Å². The van der Waals surface area contributed by atoms with E-state index in [1.165, 1.54) is 77.4 Å². The second kappa shape index (κ2) is 6.19. The molecule has 2 fully saturated rings. The van der Waals surface area contributed by atoms with Gasteiger partial charge in [-0.3, -0.25) is 0 Å². The zero-order valence-corrected chi connectivity index (χ0v) is 11.6. The molecule has 0 radical (unpaired) electrons. The van der Waals surface area contributed by atoms with Crippen LogP contribution in [0, 0.1) is 5.92 Å². The Kier molecular flexibility index (Phi) is 4.87. The maximum Gasteiger partial charge on any atom is 0.0166 e.